The standard InChI is InChI=1S/C25H29F3N2O/c26-19-1-2-23-22(14-19)21(5-8-29-23)18-12-16-9-15(10-17(16)13-18)11-24(31)30-20-3-6-25(27,28)7-4-20/h1-2,5,8,14-18,20H,3-4,6-7,9-13H2,(H,30,31)/t15-,16-,17+,18+. The molecule has 166 valence electrons. The Balaban J connectivity index is 1.16. The Morgan fingerprint density at radius 3 is 2.48 bits per heavy atom. The van der Waals surface area contributed by atoms with Gasteiger partial charge in [0.05, 0.1) is 5.52 Å². The van der Waals surface area contributed by atoms with Gasteiger partial charge in [-0.1, -0.05) is 0 Å². The van der Waals surface area contributed by atoms with Crippen LogP contribution in [0.15, 0.2) is 30.5 Å². The molecule has 3 fully saturated rings. The zero-order valence-electron chi connectivity index (χ0n) is 17.6. The van der Waals surface area contributed by atoms with E-state index in [4.69, 9.17) is 0 Å². The van der Waals surface area contributed by atoms with Gasteiger partial charge in [-0.05, 0) is 92.0 Å². The number of fused-ring (bicyclic) bond motifs is 2. The fourth-order valence-corrected chi connectivity index (χ4v) is 6.39. The van der Waals surface area contributed by atoms with Crippen molar-refractivity contribution in [2.24, 2.45) is 17.8 Å². The lowest BCUT2D eigenvalue weighted by molar-refractivity contribution is -0.123. The summed E-state index contributed by atoms with van der Waals surface area (Å²) in [7, 11) is 0. The van der Waals surface area contributed by atoms with Crippen molar-refractivity contribution in [2.45, 2.75) is 75.7 Å². The third-order valence-electron chi connectivity index (χ3n) is 7.85. The van der Waals surface area contributed by atoms with Gasteiger partial charge in [-0.3, -0.25) is 9.78 Å². The Morgan fingerprint density at radius 2 is 1.77 bits per heavy atom. The second-order valence-electron chi connectivity index (χ2n) is 9.99. The van der Waals surface area contributed by atoms with Crippen LogP contribution in [0.25, 0.3) is 10.9 Å². The van der Waals surface area contributed by atoms with Gasteiger partial charge in [-0.25, -0.2) is 13.2 Å². The maximum Gasteiger partial charge on any atom is 0.248 e. The molecular weight excluding hydrogens is 401 g/mol. The molecule has 0 spiro atoms. The summed E-state index contributed by atoms with van der Waals surface area (Å²) in [6.45, 7) is 0. The van der Waals surface area contributed by atoms with Crippen molar-refractivity contribution in [3.05, 3.63) is 41.8 Å². The molecule has 0 saturated heterocycles. The fourth-order valence-electron chi connectivity index (χ4n) is 6.39. The normalized spacial score (nSPS) is 30.4. The summed E-state index contributed by atoms with van der Waals surface area (Å²) in [6.07, 6.45) is 7.08. The van der Waals surface area contributed by atoms with E-state index in [0.717, 1.165) is 36.6 Å². The van der Waals surface area contributed by atoms with E-state index >= 15 is 0 Å². The number of hydrogen-bond acceptors (Lipinski definition) is 2. The van der Waals surface area contributed by atoms with E-state index in [0.29, 0.717) is 42.9 Å². The van der Waals surface area contributed by atoms with Crippen molar-refractivity contribution in [3.63, 3.8) is 0 Å². The highest BCUT2D eigenvalue weighted by Crippen LogP contribution is 2.53. The number of aromatic nitrogens is 1. The van der Waals surface area contributed by atoms with Crippen molar-refractivity contribution < 1.29 is 18.0 Å². The van der Waals surface area contributed by atoms with Crippen LogP contribution >= 0.6 is 0 Å². The Morgan fingerprint density at radius 1 is 1.06 bits per heavy atom. The molecule has 3 nitrogen and oxygen atoms in total. The largest absolute Gasteiger partial charge is 0.353 e. The van der Waals surface area contributed by atoms with Crippen LogP contribution in [0.4, 0.5) is 13.2 Å². The fraction of sp³-hybridized carbons (Fsp3) is 0.600. The number of amides is 1. The number of carbonyl (C=O) groups is 1. The summed E-state index contributed by atoms with van der Waals surface area (Å²) in [4.78, 5) is 16.8. The molecule has 2 aromatic rings. The van der Waals surface area contributed by atoms with Crippen LogP contribution in [0.2, 0.25) is 0 Å². The number of pyridine rings is 1. The van der Waals surface area contributed by atoms with Gasteiger partial charge in [0.1, 0.15) is 5.82 Å². The summed E-state index contributed by atoms with van der Waals surface area (Å²) < 4.78 is 40.4. The minimum atomic E-state index is -2.56. The zero-order chi connectivity index (χ0) is 21.6. The molecule has 3 aliphatic carbocycles. The number of rotatable bonds is 4. The number of benzene rings is 1. The second-order valence-corrected chi connectivity index (χ2v) is 9.99. The van der Waals surface area contributed by atoms with E-state index in [1.165, 1.54) is 11.6 Å². The highest BCUT2D eigenvalue weighted by Gasteiger charge is 2.43. The Bertz CT molecular complexity index is 954. The number of halogens is 3. The highest BCUT2D eigenvalue weighted by molar-refractivity contribution is 5.82. The predicted molar refractivity (Wildman–Crippen MR) is 113 cm³/mol. The minimum Gasteiger partial charge on any atom is -0.353 e. The van der Waals surface area contributed by atoms with Crippen LogP contribution < -0.4 is 5.32 Å². The minimum absolute atomic E-state index is 0.0207. The molecule has 0 aliphatic heterocycles. The molecule has 1 aromatic carbocycles. The summed E-state index contributed by atoms with van der Waals surface area (Å²) in [5.41, 5.74) is 2.04. The first-order valence-electron chi connectivity index (χ1n) is 11.6. The van der Waals surface area contributed by atoms with Crippen LogP contribution in [-0.4, -0.2) is 22.9 Å². The van der Waals surface area contributed by atoms with Gasteiger partial charge in [-0.2, -0.15) is 0 Å². The predicted octanol–water partition coefficient (Wildman–Crippen LogP) is 5.98. The molecule has 6 heteroatoms. The van der Waals surface area contributed by atoms with Crippen molar-refractivity contribution in [2.75, 3.05) is 0 Å². The average molecular weight is 431 g/mol. The topological polar surface area (TPSA) is 42.0 Å². The molecule has 5 rings (SSSR count). The maximum absolute atomic E-state index is 13.8. The van der Waals surface area contributed by atoms with E-state index < -0.39 is 5.92 Å². The number of hydrogen-bond donors (Lipinski definition) is 1. The number of nitrogens with zero attached hydrogens (tertiary/aromatic N) is 1. The lowest BCUT2D eigenvalue weighted by Gasteiger charge is -2.29. The van der Waals surface area contributed by atoms with E-state index in [2.05, 4.69) is 10.3 Å². The first-order valence-corrected chi connectivity index (χ1v) is 11.6. The monoisotopic (exact) mass is 430 g/mol. The van der Waals surface area contributed by atoms with Crippen molar-refractivity contribution >= 4 is 16.8 Å². The molecule has 1 heterocycles. The summed E-state index contributed by atoms with van der Waals surface area (Å²) in [5.74, 6) is -0.762. The van der Waals surface area contributed by atoms with Gasteiger partial charge in [0.15, 0.2) is 0 Å². The highest BCUT2D eigenvalue weighted by atomic mass is 19.3. The number of nitrogens with one attached hydrogen (secondary N) is 1. The molecule has 0 radical (unpaired) electrons. The van der Waals surface area contributed by atoms with Gasteiger partial charge in [0, 0.05) is 36.9 Å². The molecule has 3 aliphatic rings. The van der Waals surface area contributed by atoms with E-state index in [9.17, 15) is 18.0 Å². The molecule has 1 aromatic heterocycles. The van der Waals surface area contributed by atoms with Gasteiger partial charge < -0.3 is 5.32 Å². The lowest BCUT2D eigenvalue weighted by atomic mass is 9.89. The Hall–Kier alpha value is -2.11. The first kappa shape index (κ1) is 20.8. The molecule has 3 saturated carbocycles. The SMILES string of the molecule is O=C(C[C@@H]1C[C@@H]2C[C@H](c3ccnc4ccc(F)cc34)C[C@@H]2C1)NC1CCC(F)(F)CC1. The van der Waals surface area contributed by atoms with Crippen LogP contribution in [-0.2, 0) is 4.79 Å². The molecule has 31 heavy (non-hydrogen) atoms. The Kier molecular flexibility index (Phi) is 5.43. The number of carbonyl (C=O) groups excluding carboxylic acids is 1. The second kappa shape index (κ2) is 8.10. The van der Waals surface area contributed by atoms with Gasteiger partial charge >= 0.3 is 0 Å². The van der Waals surface area contributed by atoms with Crippen LogP contribution in [0.1, 0.15) is 69.3 Å². The smallest absolute Gasteiger partial charge is 0.248 e. The molecule has 0 unspecified atom stereocenters. The molecule has 1 amide bonds. The molecule has 4 atom stereocenters. The van der Waals surface area contributed by atoms with Crippen molar-refractivity contribution in [1.29, 1.82) is 0 Å². The van der Waals surface area contributed by atoms with Crippen molar-refractivity contribution in [1.82, 2.24) is 10.3 Å². The summed E-state index contributed by atoms with van der Waals surface area (Å²) in [5, 5.41) is 3.91. The van der Waals surface area contributed by atoms with Gasteiger partial charge in [0.25, 0.3) is 0 Å². The van der Waals surface area contributed by atoms with Gasteiger partial charge in [-0.15, -0.1) is 0 Å². The average Bonchev–Trinajstić information content (AvgIpc) is 3.27. The van der Waals surface area contributed by atoms with Crippen molar-refractivity contribution in [3.8, 4) is 0 Å². The lowest BCUT2D eigenvalue weighted by Crippen LogP contribution is -2.40. The Labute approximate surface area is 180 Å². The van der Waals surface area contributed by atoms with E-state index in [1.54, 1.807) is 12.1 Å². The first-order chi connectivity index (χ1) is 14.9. The summed E-state index contributed by atoms with van der Waals surface area (Å²) in [6, 6.07) is 6.73. The summed E-state index contributed by atoms with van der Waals surface area (Å²) >= 11 is 0. The molecule has 0 bridgehead atoms. The van der Waals surface area contributed by atoms with Crippen LogP contribution in [0, 0.1) is 23.6 Å². The molecule has 1 N–H and O–H groups in total. The van der Waals surface area contributed by atoms with E-state index in [1.807, 2.05) is 12.3 Å². The quantitative estimate of drug-likeness (QED) is 0.649. The zero-order valence-corrected chi connectivity index (χ0v) is 17.6. The van der Waals surface area contributed by atoms with Crippen LogP contribution in [0.3, 0.4) is 0 Å². The maximum atomic E-state index is 13.8. The van der Waals surface area contributed by atoms with E-state index in [-0.39, 0.29) is 30.6 Å². The van der Waals surface area contributed by atoms with Crippen LogP contribution in [0.5, 0.6) is 0 Å². The number of alkyl halides is 2. The molecular formula is C25H29F3N2O. The van der Waals surface area contributed by atoms with Gasteiger partial charge in [0.2, 0.25) is 11.8 Å². The third kappa shape index (κ3) is 4.44. The third-order valence-corrected chi connectivity index (χ3v) is 7.85.